The molecule has 0 unspecified atom stereocenters. The van der Waals surface area contributed by atoms with Gasteiger partial charge in [-0.3, -0.25) is 0 Å². The van der Waals surface area contributed by atoms with Gasteiger partial charge in [0.05, 0.1) is 52.9 Å². The average Bonchev–Trinajstić information content (AvgIpc) is 3.93. The first-order chi connectivity index (χ1) is 34.8. The topological polar surface area (TPSA) is 503 Å². The summed E-state index contributed by atoms with van der Waals surface area (Å²) < 4.78 is 86.5. The lowest BCUT2D eigenvalue weighted by Gasteiger charge is -2.48. The van der Waals surface area contributed by atoms with E-state index in [-0.39, 0.29) is 0 Å². The smallest absolute Gasteiger partial charge is 0.187 e. The lowest BCUT2D eigenvalue weighted by atomic mass is 10.0. The van der Waals surface area contributed by atoms with Crippen LogP contribution in [0.2, 0.25) is 0 Å². The first-order valence-electron chi connectivity index (χ1n) is 23.4. The molecule has 33 heteroatoms. The van der Waals surface area contributed by atoms with Gasteiger partial charge in [0.25, 0.3) is 0 Å². The average molecular weight is 1070 g/mol. The van der Waals surface area contributed by atoms with Crippen molar-refractivity contribution in [3.05, 3.63) is 0 Å². The molecule has 8 fully saturated rings. The van der Waals surface area contributed by atoms with Crippen LogP contribution in [0.5, 0.6) is 0 Å². The van der Waals surface area contributed by atoms with Crippen molar-refractivity contribution >= 4 is 0 Å². The first kappa shape index (κ1) is 57.8. The molecule has 18 N–H and O–H groups in total. The molecule has 0 saturated carbocycles. The van der Waals surface area contributed by atoms with Gasteiger partial charge in [0.15, 0.2) is 50.3 Å². The molecule has 0 aliphatic carbocycles. The molecule has 8 rings (SSSR count). The van der Waals surface area contributed by atoms with Gasteiger partial charge in [-0.25, -0.2) is 0 Å². The van der Waals surface area contributed by atoms with E-state index in [2.05, 4.69) is 0 Å². The molecule has 0 spiro atoms. The third kappa shape index (κ3) is 12.1. The van der Waals surface area contributed by atoms with Crippen molar-refractivity contribution in [2.75, 3.05) is 52.9 Å². The fourth-order valence-corrected chi connectivity index (χ4v) is 9.34. The maximum atomic E-state index is 12.0. The van der Waals surface area contributed by atoms with E-state index in [0.717, 1.165) is 0 Å². The molecule has 0 bridgehead atoms. The minimum Gasteiger partial charge on any atom is -0.394 e. The Bertz CT molecular complexity index is 1710. The molecule has 424 valence electrons. The summed E-state index contributed by atoms with van der Waals surface area (Å²) in [5.41, 5.74) is 0. The largest absolute Gasteiger partial charge is 0.394 e. The Morgan fingerprint density at radius 1 is 0.274 bits per heavy atom. The van der Waals surface area contributed by atoms with E-state index in [0.29, 0.717) is 0 Å². The Hall–Kier alpha value is -1.32. The van der Waals surface area contributed by atoms with Crippen molar-refractivity contribution < 1.29 is 163 Å². The van der Waals surface area contributed by atoms with Crippen LogP contribution in [0.3, 0.4) is 0 Å². The predicted octanol–water partition coefficient (Wildman–Crippen LogP) is -13.3. The van der Waals surface area contributed by atoms with Crippen molar-refractivity contribution in [1.29, 1.82) is 0 Å². The molecule has 8 heterocycles. The maximum Gasteiger partial charge on any atom is 0.187 e. The Morgan fingerprint density at radius 2 is 0.616 bits per heavy atom. The summed E-state index contributed by atoms with van der Waals surface area (Å²) in [5, 5.41) is 190. The quantitative estimate of drug-likeness (QED) is 0.0643. The van der Waals surface area contributed by atoms with Crippen LogP contribution < -0.4 is 0 Å². The molecule has 8 saturated heterocycles. The summed E-state index contributed by atoms with van der Waals surface area (Å²) in [6, 6.07) is 0. The Labute approximate surface area is 412 Å². The molecule has 8 aliphatic heterocycles. The van der Waals surface area contributed by atoms with Gasteiger partial charge < -0.3 is 163 Å². The standard InChI is InChI=1S/C40H66O33/c41-1-10-18(46)26(54)37(64-10)71-30-15(69-34-24(52)17(45)9(44)4-60-34)7-62-36(29(30)57)70-16-8-63-40(68-14-6-61-35(25(53)22(14)50)67-13-5-59-33(58)23(51)21(13)49)32(73-39-28(56)20(48)12(3-43)66-39)31(16)72-38-27(55)19(47)11(2-42)65-38/h9-58H,1-8H2/t9-,10-,11-,12-,13-,14-,15-,16-,17+,18-,19-,20-,21+,22+,23-,24-,25-,26+,27+,28+,29-,30+,31+,32-,33-,34+,35+,36+,37-,38-,39-,40+/m1/s1. The molecule has 0 radical (unpaired) electrons. The Morgan fingerprint density at radius 3 is 1.11 bits per heavy atom. The third-order valence-corrected chi connectivity index (χ3v) is 13.7. The van der Waals surface area contributed by atoms with Crippen LogP contribution in [0.15, 0.2) is 0 Å². The summed E-state index contributed by atoms with van der Waals surface area (Å²) in [7, 11) is 0. The van der Waals surface area contributed by atoms with E-state index >= 15 is 0 Å². The molecule has 33 nitrogen and oxygen atoms in total. The maximum absolute atomic E-state index is 12.0. The molecule has 0 aromatic rings. The summed E-state index contributed by atoms with van der Waals surface area (Å²) in [4.78, 5) is 0. The van der Waals surface area contributed by atoms with Gasteiger partial charge in [-0.1, -0.05) is 0 Å². The lowest BCUT2D eigenvalue weighted by Crippen LogP contribution is -2.65. The van der Waals surface area contributed by atoms with Gasteiger partial charge in [-0.15, -0.1) is 0 Å². The summed E-state index contributed by atoms with van der Waals surface area (Å²) in [5.74, 6) is 0. The van der Waals surface area contributed by atoms with Crippen LogP contribution in [0.4, 0.5) is 0 Å². The summed E-state index contributed by atoms with van der Waals surface area (Å²) in [6.07, 6.45) is -55.7. The molecule has 32 atom stereocenters. The van der Waals surface area contributed by atoms with Crippen LogP contribution >= 0.6 is 0 Å². The molecule has 0 aromatic carbocycles. The minimum atomic E-state index is -2.07. The summed E-state index contributed by atoms with van der Waals surface area (Å²) in [6.45, 7) is -5.38. The Balaban J connectivity index is 1.06. The number of aliphatic hydroxyl groups excluding tert-OH is 18. The van der Waals surface area contributed by atoms with Gasteiger partial charge in [-0.2, -0.15) is 0 Å². The van der Waals surface area contributed by atoms with Crippen LogP contribution in [0, 0.1) is 0 Å². The van der Waals surface area contributed by atoms with Gasteiger partial charge in [-0.05, 0) is 0 Å². The van der Waals surface area contributed by atoms with Gasteiger partial charge >= 0.3 is 0 Å². The highest BCUT2D eigenvalue weighted by molar-refractivity contribution is 4.98. The predicted molar refractivity (Wildman–Crippen MR) is 216 cm³/mol. The number of aliphatic hydroxyl groups is 18. The zero-order valence-corrected chi connectivity index (χ0v) is 38.3. The molecule has 73 heavy (non-hydrogen) atoms. The Kier molecular flexibility index (Phi) is 19.6. The fraction of sp³-hybridized carbons (Fsp3) is 1.00. The molecule has 0 amide bonds. The second-order valence-electron chi connectivity index (χ2n) is 18.7. The van der Waals surface area contributed by atoms with E-state index < -0.39 is 250 Å². The highest BCUT2D eigenvalue weighted by Crippen LogP contribution is 2.38. The number of rotatable bonds is 17. The summed E-state index contributed by atoms with van der Waals surface area (Å²) >= 11 is 0. The number of hydrogen-bond donors (Lipinski definition) is 18. The van der Waals surface area contributed by atoms with Crippen LogP contribution in [-0.4, -0.2) is 342 Å². The van der Waals surface area contributed by atoms with E-state index in [1.807, 2.05) is 0 Å². The number of ether oxygens (including phenoxy) is 15. The molecular weight excluding hydrogens is 1010 g/mol. The zero-order valence-electron chi connectivity index (χ0n) is 38.3. The lowest BCUT2D eigenvalue weighted by molar-refractivity contribution is -0.389. The van der Waals surface area contributed by atoms with Crippen LogP contribution in [0.1, 0.15) is 0 Å². The third-order valence-electron chi connectivity index (χ3n) is 13.7. The van der Waals surface area contributed by atoms with Crippen molar-refractivity contribution in [3.8, 4) is 0 Å². The first-order valence-corrected chi connectivity index (χ1v) is 23.4. The second kappa shape index (κ2) is 24.8. The zero-order chi connectivity index (χ0) is 52.7. The van der Waals surface area contributed by atoms with Gasteiger partial charge in [0, 0.05) is 0 Å². The second-order valence-corrected chi connectivity index (χ2v) is 18.7. The van der Waals surface area contributed by atoms with Gasteiger partial charge in [0.1, 0.15) is 146 Å². The van der Waals surface area contributed by atoms with Crippen LogP contribution in [0.25, 0.3) is 0 Å². The fourth-order valence-electron chi connectivity index (χ4n) is 9.34. The van der Waals surface area contributed by atoms with Gasteiger partial charge in [0.2, 0.25) is 0 Å². The van der Waals surface area contributed by atoms with E-state index in [1.54, 1.807) is 0 Å². The number of hydrogen-bond acceptors (Lipinski definition) is 33. The SMILES string of the molecule is OC[C@H]1O[C@H](O[C@@H]2[C@@H](O)[C@H](O[C@@H]3CO[C@@H](O[C@@H]4CO[C@@H](O[C@@H]5CO[C@@H](O)[C@H](O)[C@H]5O)[C@H](O)[C@H]4O)[C@H](O[C@H]4O[C@H](CO)[C@@H](O)[C@@H]4O)[C@H]3O[C@H]3O[C@H](CO)[C@@H](O)[C@@H]3O)OC[C@H]2O[C@@H]2OC[C@@H](O)[C@H](O)[C@H]2O)[C@@H](O)[C@@H]1O. The monoisotopic (exact) mass is 1070 g/mol. The highest BCUT2D eigenvalue weighted by atomic mass is 16.8. The normalized spacial score (nSPS) is 54.0. The van der Waals surface area contributed by atoms with E-state index in [4.69, 9.17) is 71.1 Å². The molecule has 8 aliphatic rings. The minimum absolute atomic E-state index is 0.466. The van der Waals surface area contributed by atoms with Crippen molar-refractivity contribution in [2.45, 2.75) is 197 Å². The van der Waals surface area contributed by atoms with Crippen LogP contribution in [-0.2, 0) is 71.1 Å². The molecule has 0 aromatic heterocycles. The van der Waals surface area contributed by atoms with Crippen molar-refractivity contribution in [2.24, 2.45) is 0 Å². The van der Waals surface area contributed by atoms with Crippen molar-refractivity contribution in [3.63, 3.8) is 0 Å². The van der Waals surface area contributed by atoms with Crippen molar-refractivity contribution in [1.82, 2.24) is 0 Å². The van der Waals surface area contributed by atoms with E-state index in [9.17, 15) is 91.9 Å². The highest BCUT2D eigenvalue weighted by Gasteiger charge is 2.57. The molecular formula is C40H66O33. The van der Waals surface area contributed by atoms with E-state index in [1.165, 1.54) is 0 Å².